The van der Waals surface area contributed by atoms with E-state index in [9.17, 15) is 13.2 Å². The number of sulfonamides is 1. The minimum absolute atomic E-state index is 0.0410. The molecular weight excluding hydrogens is 288 g/mol. The summed E-state index contributed by atoms with van der Waals surface area (Å²) < 4.78 is 22.6. The standard InChI is InChI=1S/C15H16N2O3S/c1-10-6-11(2)8-12(7-10)15(18)17-13-4-3-5-14(9-13)21(16,19)20/h3-9H,1-2H3,(H,17,18)(H2,16,19,20). The van der Waals surface area contributed by atoms with Crippen molar-refractivity contribution >= 4 is 21.6 Å². The number of benzene rings is 2. The molecular formula is C15H16N2O3S. The Kier molecular flexibility index (Phi) is 4.11. The third kappa shape index (κ3) is 3.90. The Morgan fingerprint density at radius 3 is 2.24 bits per heavy atom. The van der Waals surface area contributed by atoms with Crippen LogP contribution in [-0.2, 0) is 10.0 Å². The molecule has 0 aliphatic heterocycles. The van der Waals surface area contributed by atoms with E-state index in [1.165, 1.54) is 18.2 Å². The SMILES string of the molecule is Cc1cc(C)cc(C(=O)Nc2cccc(S(N)(=O)=O)c2)c1. The lowest BCUT2D eigenvalue weighted by Gasteiger charge is -2.08. The Morgan fingerprint density at radius 2 is 1.67 bits per heavy atom. The molecule has 5 nitrogen and oxygen atoms in total. The van der Waals surface area contributed by atoms with Crippen LogP contribution in [0.4, 0.5) is 5.69 Å². The molecule has 0 fully saturated rings. The number of aryl methyl sites for hydroxylation is 2. The average Bonchev–Trinajstić information content (AvgIpc) is 2.37. The topological polar surface area (TPSA) is 89.3 Å². The van der Waals surface area contributed by atoms with Crippen molar-refractivity contribution in [3.05, 3.63) is 59.2 Å². The van der Waals surface area contributed by atoms with Gasteiger partial charge in [-0.2, -0.15) is 0 Å². The van der Waals surface area contributed by atoms with E-state index < -0.39 is 10.0 Å². The summed E-state index contributed by atoms with van der Waals surface area (Å²) in [6, 6.07) is 11.3. The fourth-order valence-electron chi connectivity index (χ4n) is 2.06. The maximum atomic E-state index is 12.2. The van der Waals surface area contributed by atoms with Crippen LogP contribution in [0.15, 0.2) is 47.4 Å². The number of amides is 1. The molecule has 0 aromatic heterocycles. The first-order valence-electron chi connectivity index (χ1n) is 6.28. The molecule has 21 heavy (non-hydrogen) atoms. The normalized spacial score (nSPS) is 11.2. The largest absolute Gasteiger partial charge is 0.322 e. The molecule has 0 bridgehead atoms. The molecule has 110 valence electrons. The highest BCUT2D eigenvalue weighted by Crippen LogP contribution is 2.16. The van der Waals surface area contributed by atoms with Crippen molar-refractivity contribution in [1.29, 1.82) is 0 Å². The Morgan fingerprint density at radius 1 is 1.05 bits per heavy atom. The highest BCUT2D eigenvalue weighted by Gasteiger charge is 2.11. The van der Waals surface area contributed by atoms with Gasteiger partial charge in [-0.1, -0.05) is 23.3 Å². The summed E-state index contributed by atoms with van der Waals surface area (Å²) in [7, 11) is -3.79. The van der Waals surface area contributed by atoms with Gasteiger partial charge in [0.15, 0.2) is 0 Å². The van der Waals surface area contributed by atoms with E-state index >= 15 is 0 Å². The van der Waals surface area contributed by atoms with Crippen LogP contribution in [-0.4, -0.2) is 14.3 Å². The second kappa shape index (κ2) is 5.67. The Balaban J connectivity index is 2.28. The van der Waals surface area contributed by atoms with E-state index in [2.05, 4.69) is 5.32 Å². The smallest absolute Gasteiger partial charge is 0.255 e. The van der Waals surface area contributed by atoms with Crippen molar-refractivity contribution in [3.8, 4) is 0 Å². The van der Waals surface area contributed by atoms with E-state index in [-0.39, 0.29) is 10.8 Å². The van der Waals surface area contributed by atoms with Crippen molar-refractivity contribution in [1.82, 2.24) is 0 Å². The van der Waals surface area contributed by atoms with Crippen molar-refractivity contribution in [2.24, 2.45) is 5.14 Å². The van der Waals surface area contributed by atoms with Crippen molar-refractivity contribution in [2.45, 2.75) is 18.7 Å². The van der Waals surface area contributed by atoms with Crippen LogP contribution in [0.1, 0.15) is 21.5 Å². The number of rotatable bonds is 3. The number of primary sulfonamides is 1. The first-order chi connectivity index (χ1) is 9.75. The fraction of sp³-hybridized carbons (Fsp3) is 0.133. The molecule has 0 aliphatic rings. The summed E-state index contributed by atoms with van der Waals surface area (Å²) in [5, 5.41) is 7.73. The Labute approximate surface area is 123 Å². The Hall–Kier alpha value is -2.18. The van der Waals surface area contributed by atoms with Gasteiger partial charge in [-0.15, -0.1) is 0 Å². The summed E-state index contributed by atoms with van der Waals surface area (Å²) in [5.74, 6) is -0.298. The average molecular weight is 304 g/mol. The first kappa shape index (κ1) is 15.2. The summed E-state index contributed by atoms with van der Waals surface area (Å²) in [6.07, 6.45) is 0. The van der Waals surface area contributed by atoms with E-state index in [0.717, 1.165) is 11.1 Å². The third-order valence-electron chi connectivity index (χ3n) is 2.90. The van der Waals surface area contributed by atoms with Gasteiger partial charge in [-0.25, -0.2) is 13.6 Å². The lowest BCUT2D eigenvalue weighted by Crippen LogP contribution is -2.15. The number of hydrogen-bond acceptors (Lipinski definition) is 3. The molecule has 1 amide bonds. The summed E-state index contributed by atoms with van der Waals surface area (Å²) >= 11 is 0. The number of nitrogens with two attached hydrogens (primary N) is 1. The van der Waals surface area contributed by atoms with Gasteiger partial charge in [0.1, 0.15) is 0 Å². The molecule has 0 saturated carbocycles. The molecule has 3 N–H and O–H groups in total. The maximum absolute atomic E-state index is 12.2. The third-order valence-corrected chi connectivity index (χ3v) is 3.82. The number of anilines is 1. The molecule has 2 aromatic rings. The van der Waals surface area contributed by atoms with Crippen molar-refractivity contribution in [2.75, 3.05) is 5.32 Å². The van der Waals surface area contributed by atoms with Crippen LogP contribution in [0.5, 0.6) is 0 Å². The lowest BCUT2D eigenvalue weighted by molar-refractivity contribution is 0.102. The molecule has 6 heteroatoms. The minimum atomic E-state index is -3.79. The summed E-state index contributed by atoms with van der Waals surface area (Å²) in [4.78, 5) is 12.1. The van der Waals surface area contributed by atoms with E-state index in [0.29, 0.717) is 11.3 Å². The van der Waals surface area contributed by atoms with Gasteiger partial charge < -0.3 is 5.32 Å². The zero-order chi connectivity index (χ0) is 15.6. The Bertz CT molecular complexity index is 778. The van der Waals surface area contributed by atoms with Crippen LogP contribution < -0.4 is 10.5 Å². The van der Waals surface area contributed by atoms with Crippen LogP contribution >= 0.6 is 0 Å². The van der Waals surface area contributed by atoms with Crippen LogP contribution in [0.2, 0.25) is 0 Å². The summed E-state index contributed by atoms with van der Waals surface area (Å²) in [6.45, 7) is 3.82. The zero-order valence-electron chi connectivity index (χ0n) is 11.8. The maximum Gasteiger partial charge on any atom is 0.255 e. The summed E-state index contributed by atoms with van der Waals surface area (Å²) in [5.41, 5.74) is 2.87. The van der Waals surface area contributed by atoms with Gasteiger partial charge in [0.2, 0.25) is 10.0 Å². The van der Waals surface area contributed by atoms with Gasteiger partial charge in [0.05, 0.1) is 4.90 Å². The van der Waals surface area contributed by atoms with Gasteiger partial charge in [0, 0.05) is 11.3 Å². The molecule has 0 heterocycles. The van der Waals surface area contributed by atoms with Gasteiger partial charge in [0.25, 0.3) is 5.91 Å². The molecule has 0 atom stereocenters. The van der Waals surface area contributed by atoms with Crippen molar-refractivity contribution in [3.63, 3.8) is 0 Å². The second-order valence-corrected chi connectivity index (χ2v) is 6.46. The molecule has 0 radical (unpaired) electrons. The van der Waals surface area contributed by atoms with Crippen LogP contribution in [0.3, 0.4) is 0 Å². The van der Waals surface area contributed by atoms with Crippen LogP contribution in [0, 0.1) is 13.8 Å². The predicted octanol–water partition coefficient (Wildman–Crippen LogP) is 2.20. The molecule has 0 saturated heterocycles. The van der Waals surface area contributed by atoms with Crippen molar-refractivity contribution < 1.29 is 13.2 Å². The van der Waals surface area contributed by atoms with E-state index in [1.807, 2.05) is 19.9 Å². The lowest BCUT2D eigenvalue weighted by atomic mass is 10.1. The first-order valence-corrected chi connectivity index (χ1v) is 7.83. The van der Waals surface area contributed by atoms with Gasteiger partial charge in [-0.3, -0.25) is 4.79 Å². The number of carbonyl (C=O) groups excluding carboxylic acids is 1. The molecule has 0 unspecified atom stereocenters. The van der Waals surface area contributed by atoms with E-state index in [1.54, 1.807) is 18.2 Å². The predicted molar refractivity (Wildman–Crippen MR) is 81.7 cm³/mol. The minimum Gasteiger partial charge on any atom is -0.322 e. The number of carbonyl (C=O) groups is 1. The second-order valence-electron chi connectivity index (χ2n) is 4.90. The molecule has 2 aromatic carbocycles. The monoisotopic (exact) mass is 304 g/mol. The number of hydrogen-bond donors (Lipinski definition) is 2. The fourth-order valence-corrected chi connectivity index (χ4v) is 2.62. The molecule has 0 aliphatic carbocycles. The highest BCUT2D eigenvalue weighted by atomic mass is 32.2. The quantitative estimate of drug-likeness (QED) is 0.911. The number of nitrogens with one attached hydrogen (secondary N) is 1. The molecule has 0 spiro atoms. The van der Waals surface area contributed by atoms with Crippen LogP contribution in [0.25, 0.3) is 0 Å². The van der Waals surface area contributed by atoms with Gasteiger partial charge >= 0.3 is 0 Å². The highest BCUT2D eigenvalue weighted by molar-refractivity contribution is 7.89. The molecule has 2 rings (SSSR count). The zero-order valence-corrected chi connectivity index (χ0v) is 12.6. The van der Waals surface area contributed by atoms with E-state index in [4.69, 9.17) is 5.14 Å². The van der Waals surface area contributed by atoms with Gasteiger partial charge in [-0.05, 0) is 44.2 Å².